The first-order chi connectivity index (χ1) is 8.78. The Morgan fingerprint density at radius 1 is 1.16 bits per heavy atom. The molecule has 0 saturated carbocycles. The summed E-state index contributed by atoms with van der Waals surface area (Å²) in [5.41, 5.74) is 8.25. The molecule has 0 spiro atoms. The average Bonchev–Trinajstić information content (AvgIpc) is 2.40. The van der Waals surface area contributed by atoms with Crippen LogP contribution in [0.5, 0.6) is 0 Å². The molecule has 1 heterocycles. The zero-order valence-electron chi connectivity index (χ0n) is 10.4. The number of benzene rings is 1. The lowest BCUT2D eigenvalue weighted by Gasteiger charge is -2.05. The Hall–Kier alpha value is -1.91. The summed E-state index contributed by atoms with van der Waals surface area (Å²) in [5.74, 6) is -0.0523. The van der Waals surface area contributed by atoms with Gasteiger partial charge >= 0.3 is 0 Å². The predicted molar refractivity (Wildman–Crippen MR) is 78.2 cm³/mol. The molecule has 0 aliphatic heterocycles. The molecule has 5 heteroatoms. The van der Waals surface area contributed by atoms with Gasteiger partial charge in [0.2, 0.25) is 5.91 Å². The first-order valence-electron chi connectivity index (χ1n) is 5.75. The van der Waals surface area contributed by atoms with E-state index in [1.165, 1.54) is 0 Å². The first kappa shape index (κ1) is 15.1. The van der Waals surface area contributed by atoms with Gasteiger partial charge in [-0.3, -0.25) is 9.78 Å². The third kappa shape index (κ3) is 4.69. The minimum Gasteiger partial charge on any atom is -0.326 e. The quantitative estimate of drug-likeness (QED) is 0.900. The van der Waals surface area contributed by atoms with Gasteiger partial charge in [0.1, 0.15) is 0 Å². The van der Waals surface area contributed by atoms with Gasteiger partial charge < -0.3 is 11.1 Å². The lowest BCUT2D eigenvalue weighted by Crippen LogP contribution is -2.14. The van der Waals surface area contributed by atoms with Crippen molar-refractivity contribution in [3.05, 3.63) is 59.9 Å². The van der Waals surface area contributed by atoms with Crippen molar-refractivity contribution in [2.75, 3.05) is 5.32 Å². The van der Waals surface area contributed by atoms with Crippen LogP contribution in [0.2, 0.25) is 0 Å². The highest BCUT2D eigenvalue weighted by Crippen LogP contribution is 2.07. The number of hydrogen-bond donors (Lipinski definition) is 2. The number of nitrogens with one attached hydrogen (secondary N) is 1. The average molecular weight is 278 g/mol. The fourth-order valence-electron chi connectivity index (χ4n) is 1.62. The minimum atomic E-state index is -0.0523. The van der Waals surface area contributed by atoms with Crippen LogP contribution in [0.1, 0.15) is 11.1 Å². The van der Waals surface area contributed by atoms with Gasteiger partial charge in [-0.05, 0) is 23.3 Å². The summed E-state index contributed by atoms with van der Waals surface area (Å²) in [4.78, 5) is 15.7. The SMILES string of the molecule is Cl.NCc1ccc(CC(=O)Nc2cccnc2)cc1. The second-order valence-electron chi connectivity index (χ2n) is 3.99. The first-order valence-corrected chi connectivity index (χ1v) is 5.75. The molecule has 0 bridgehead atoms. The van der Waals surface area contributed by atoms with Gasteiger partial charge in [0.15, 0.2) is 0 Å². The van der Waals surface area contributed by atoms with Crippen LogP contribution in [0.15, 0.2) is 48.8 Å². The summed E-state index contributed by atoms with van der Waals surface area (Å²) in [7, 11) is 0. The van der Waals surface area contributed by atoms with Crippen molar-refractivity contribution in [3.8, 4) is 0 Å². The number of pyridine rings is 1. The maximum atomic E-state index is 11.8. The number of nitrogens with two attached hydrogens (primary N) is 1. The number of anilines is 1. The second-order valence-corrected chi connectivity index (χ2v) is 3.99. The summed E-state index contributed by atoms with van der Waals surface area (Å²) in [6, 6.07) is 11.3. The molecule has 0 aliphatic carbocycles. The van der Waals surface area contributed by atoms with Gasteiger partial charge in [0.05, 0.1) is 18.3 Å². The zero-order valence-corrected chi connectivity index (χ0v) is 11.2. The lowest BCUT2D eigenvalue weighted by molar-refractivity contribution is -0.115. The molecule has 0 atom stereocenters. The van der Waals surface area contributed by atoms with Crippen LogP contribution in [0.3, 0.4) is 0 Å². The van der Waals surface area contributed by atoms with E-state index in [1.807, 2.05) is 30.3 Å². The molecular formula is C14H16ClN3O. The van der Waals surface area contributed by atoms with Crippen LogP contribution in [0, 0.1) is 0 Å². The van der Waals surface area contributed by atoms with Crippen LogP contribution >= 0.6 is 12.4 Å². The molecule has 0 unspecified atom stereocenters. The van der Waals surface area contributed by atoms with Crippen molar-refractivity contribution in [1.29, 1.82) is 0 Å². The van der Waals surface area contributed by atoms with Gasteiger partial charge in [0.25, 0.3) is 0 Å². The van der Waals surface area contributed by atoms with Crippen LogP contribution in [-0.4, -0.2) is 10.9 Å². The van der Waals surface area contributed by atoms with E-state index in [9.17, 15) is 4.79 Å². The van der Waals surface area contributed by atoms with E-state index < -0.39 is 0 Å². The number of halogens is 1. The van der Waals surface area contributed by atoms with Crippen molar-refractivity contribution in [2.45, 2.75) is 13.0 Å². The number of carbonyl (C=O) groups excluding carboxylic acids is 1. The Bertz CT molecular complexity index is 514. The second kappa shape index (κ2) is 7.51. The molecule has 0 aliphatic rings. The number of nitrogens with zero attached hydrogens (tertiary/aromatic N) is 1. The zero-order chi connectivity index (χ0) is 12.8. The number of carbonyl (C=O) groups is 1. The Morgan fingerprint density at radius 3 is 2.42 bits per heavy atom. The third-order valence-electron chi connectivity index (χ3n) is 2.57. The van der Waals surface area contributed by atoms with Gasteiger partial charge in [0, 0.05) is 12.7 Å². The van der Waals surface area contributed by atoms with E-state index in [-0.39, 0.29) is 18.3 Å². The van der Waals surface area contributed by atoms with Crippen molar-refractivity contribution in [1.82, 2.24) is 4.98 Å². The topological polar surface area (TPSA) is 68.0 Å². The maximum Gasteiger partial charge on any atom is 0.228 e. The highest BCUT2D eigenvalue weighted by atomic mass is 35.5. The number of rotatable bonds is 4. The minimum absolute atomic E-state index is 0. The summed E-state index contributed by atoms with van der Waals surface area (Å²) in [6.45, 7) is 0.516. The van der Waals surface area contributed by atoms with Crippen molar-refractivity contribution in [3.63, 3.8) is 0 Å². The molecule has 3 N–H and O–H groups in total. The normalized spacial score (nSPS) is 9.53. The molecule has 0 fully saturated rings. The smallest absolute Gasteiger partial charge is 0.228 e. The Balaban J connectivity index is 0.00000180. The number of hydrogen-bond acceptors (Lipinski definition) is 3. The van der Waals surface area contributed by atoms with E-state index in [0.29, 0.717) is 18.7 Å². The number of amides is 1. The van der Waals surface area contributed by atoms with Crippen molar-refractivity contribution < 1.29 is 4.79 Å². The van der Waals surface area contributed by atoms with E-state index in [2.05, 4.69) is 10.3 Å². The molecule has 4 nitrogen and oxygen atoms in total. The van der Waals surface area contributed by atoms with Crippen molar-refractivity contribution >= 4 is 24.0 Å². The molecule has 0 radical (unpaired) electrons. The Labute approximate surface area is 118 Å². The molecule has 2 rings (SSSR count). The Morgan fingerprint density at radius 2 is 1.84 bits per heavy atom. The molecule has 2 aromatic rings. The van der Waals surface area contributed by atoms with Crippen LogP contribution in [0.25, 0.3) is 0 Å². The van der Waals surface area contributed by atoms with E-state index in [1.54, 1.807) is 18.5 Å². The predicted octanol–water partition coefficient (Wildman–Crippen LogP) is 2.14. The molecular weight excluding hydrogens is 262 g/mol. The monoisotopic (exact) mass is 277 g/mol. The standard InChI is InChI=1S/C14H15N3O.ClH/c15-9-12-5-3-11(4-6-12)8-14(18)17-13-2-1-7-16-10-13;/h1-7,10H,8-9,15H2,(H,17,18);1H. The van der Waals surface area contributed by atoms with Crippen LogP contribution in [-0.2, 0) is 17.8 Å². The molecule has 1 amide bonds. The maximum absolute atomic E-state index is 11.8. The molecule has 1 aromatic carbocycles. The number of aromatic nitrogens is 1. The summed E-state index contributed by atoms with van der Waals surface area (Å²) < 4.78 is 0. The molecule has 1 aromatic heterocycles. The van der Waals surface area contributed by atoms with E-state index in [4.69, 9.17) is 5.73 Å². The third-order valence-corrected chi connectivity index (χ3v) is 2.57. The molecule has 19 heavy (non-hydrogen) atoms. The largest absolute Gasteiger partial charge is 0.326 e. The van der Waals surface area contributed by atoms with Crippen molar-refractivity contribution in [2.24, 2.45) is 5.73 Å². The summed E-state index contributed by atoms with van der Waals surface area (Å²) in [5, 5.41) is 2.79. The lowest BCUT2D eigenvalue weighted by atomic mass is 10.1. The highest BCUT2D eigenvalue weighted by Gasteiger charge is 2.03. The summed E-state index contributed by atoms with van der Waals surface area (Å²) >= 11 is 0. The van der Waals surface area contributed by atoms with Gasteiger partial charge in [-0.1, -0.05) is 24.3 Å². The van der Waals surface area contributed by atoms with Gasteiger partial charge in [-0.2, -0.15) is 0 Å². The Kier molecular flexibility index (Phi) is 5.99. The van der Waals surface area contributed by atoms with E-state index >= 15 is 0 Å². The van der Waals surface area contributed by atoms with Crippen LogP contribution < -0.4 is 11.1 Å². The fraction of sp³-hybridized carbons (Fsp3) is 0.143. The van der Waals surface area contributed by atoms with Gasteiger partial charge in [-0.15, -0.1) is 12.4 Å². The van der Waals surface area contributed by atoms with Crippen LogP contribution in [0.4, 0.5) is 5.69 Å². The van der Waals surface area contributed by atoms with Gasteiger partial charge in [-0.25, -0.2) is 0 Å². The molecule has 100 valence electrons. The fourth-order valence-corrected chi connectivity index (χ4v) is 1.62. The molecule has 0 saturated heterocycles. The summed E-state index contributed by atoms with van der Waals surface area (Å²) in [6.07, 6.45) is 3.64. The van der Waals surface area contributed by atoms with E-state index in [0.717, 1.165) is 11.1 Å². The highest BCUT2D eigenvalue weighted by molar-refractivity contribution is 5.92.